The summed E-state index contributed by atoms with van der Waals surface area (Å²) >= 11 is 12.4. The minimum absolute atomic E-state index is 0.414. The number of hydrogen-bond donors (Lipinski definition) is 2. The Hall–Kier alpha value is -2.54. The van der Waals surface area contributed by atoms with Gasteiger partial charge in [-0.1, -0.05) is 41.4 Å². The van der Waals surface area contributed by atoms with Crippen molar-refractivity contribution in [2.24, 2.45) is 5.73 Å². The summed E-state index contributed by atoms with van der Waals surface area (Å²) in [5.74, 6) is 1.26. The number of carbonyl (C=O) groups is 1. The van der Waals surface area contributed by atoms with Crippen LogP contribution in [0.25, 0.3) is 6.08 Å². The first-order valence-corrected chi connectivity index (χ1v) is 8.80. The molecule has 0 amide bonds. The molecule has 0 spiro atoms. The van der Waals surface area contributed by atoms with Gasteiger partial charge in [0.2, 0.25) is 0 Å². The fraction of sp³-hybridized carbons (Fsp3) is 0.200. The van der Waals surface area contributed by atoms with E-state index in [4.69, 9.17) is 42.9 Å². The van der Waals surface area contributed by atoms with Gasteiger partial charge in [0, 0.05) is 11.6 Å². The first kappa shape index (κ1) is 25.5. The van der Waals surface area contributed by atoms with E-state index in [-0.39, 0.29) is 0 Å². The zero-order valence-corrected chi connectivity index (χ0v) is 17.6. The molecule has 2 aromatic rings. The van der Waals surface area contributed by atoms with E-state index in [0.29, 0.717) is 28.2 Å². The summed E-state index contributed by atoms with van der Waals surface area (Å²) in [6.07, 6.45) is 2.94. The van der Waals surface area contributed by atoms with E-state index in [1.54, 1.807) is 37.3 Å². The summed E-state index contributed by atoms with van der Waals surface area (Å²) < 4.78 is 10.5. The fourth-order valence-corrected chi connectivity index (χ4v) is 2.63. The Kier molecular flexibility index (Phi) is 13.2. The standard InChI is InChI=1S/C18H18Cl2N2O2.CH5N.CH2O/c1-23-16-7-6-13(9-17(16)24-2)10-18(20)22(12-21)11-14-4-3-5-15(19)8-14;2*1-2/h3-10,12,21H,11H2,1-2H3;2H2,1H3;1H2/b18-10+,21-12?;;. The van der Waals surface area contributed by atoms with Crippen LogP contribution in [0.5, 0.6) is 11.5 Å². The molecule has 6 nitrogen and oxygen atoms in total. The highest BCUT2D eigenvalue weighted by molar-refractivity contribution is 6.31. The molecule has 0 radical (unpaired) electrons. The van der Waals surface area contributed by atoms with Gasteiger partial charge in [0.25, 0.3) is 0 Å². The van der Waals surface area contributed by atoms with Gasteiger partial charge in [0.05, 0.1) is 20.6 Å². The molecule has 0 heterocycles. The number of ether oxygens (including phenoxy) is 2. The van der Waals surface area contributed by atoms with Gasteiger partial charge in [0.15, 0.2) is 11.5 Å². The lowest BCUT2D eigenvalue weighted by atomic mass is 10.2. The highest BCUT2D eigenvalue weighted by Crippen LogP contribution is 2.29. The van der Waals surface area contributed by atoms with Crippen molar-refractivity contribution in [3.8, 4) is 11.5 Å². The van der Waals surface area contributed by atoms with Crippen LogP contribution in [0.1, 0.15) is 11.1 Å². The first-order chi connectivity index (χ1) is 13.6. The van der Waals surface area contributed by atoms with Crippen LogP contribution in [0.2, 0.25) is 5.02 Å². The molecule has 0 aliphatic heterocycles. The molecule has 28 heavy (non-hydrogen) atoms. The molecule has 0 bridgehead atoms. The second-order valence-electron chi connectivity index (χ2n) is 4.97. The maximum Gasteiger partial charge on any atom is 0.161 e. The van der Waals surface area contributed by atoms with Crippen LogP contribution in [0, 0.1) is 5.41 Å². The Morgan fingerprint density at radius 3 is 2.32 bits per heavy atom. The molecule has 0 saturated carbocycles. The molecule has 152 valence electrons. The van der Waals surface area contributed by atoms with Crippen molar-refractivity contribution in [3.05, 3.63) is 63.8 Å². The largest absolute Gasteiger partial charge is 0.493 e. The molecule has 0 aromatic heterocycles. The predicted octanol–water partition coefficient (Wildman–Crippen LogP) is 4.39. The number of benzene rings is 2. The molecule has 0 fully saturated rings. The zero-order valence-electron chi connectivity index (χ0n) is 16.1. The zero-order chi connectivity index (χ0) is 21.5. The molecule has 2 rings (SSSR count). The molecular formula is C20H25Cl2N3O3. The Morgan fingerprint density at radius 2 is 1.79 bits per heavy atom. The van der Waals surface area contributed by atoms with E-state index in [1.165, 1.54) is 13.4 Å². The normalized spacial score (nSPS) is 9.86. The number of halogens is 2. The van der Waals surface area contributed by atoms with Crippen LogP contribution in [0.15, 0.2) is 47.6 Å². The smallest absolute Gasteiger partial charge is 0.161 e. The van der Waals surface area contributed by atoms with Gasteiger partial charge in [-0.2, -0.15) is 0 Å². The van der Waals surface area contributed by atoms with Gasteiger partial charge in [-0.05, 0) is 48.5 Å². The van der Waals surface area contributed by atoms with Crippen molar-refractivity contribution in [3.63, 3.8) is 0 Å². The van der Waals surface area contributed by atoms with Crippen LogP contribution < -0.4 is 15.2 Å². The predicted molar refractivity (Wildman–Crippen MR) is 116 cm³/mol. The maximum atomic E-state index is 8.00. The van der Waals surface area contributed by atoms with Gasteiger partial charge in [-0.15, -0.1) is 0 Å². The van der Waals surface area contributed by atoms with Crippen molar-refractivity contribution < 1.29 is 14.3 Å². The van der Waals surface area contributed by atoms with Crippen LogP contribution in [0.4, 0.5) is 0 Å². The average molecular weight is 426 g/mol. The van der Waals surface area contributed by atoms with Crippen molar-refractivity contribution >= 4 is 42.4 Å². The summed E-state index contributed by atoms with van der Waals surface area (Å²) in [6, 6.07) is 12.9. The molecule has 2 aromatic carbocycles. The quantitative estimate of drug-likeness (QED) is 0.389. The second kappa shape index (κ2) is 14.5. The van der Waals surface area contributed by atoms with Crippen LogP contribution >= 0.6 is 23.2 Å². The number of hydrogen-bond acceptors (Lipinski definition) is 5. The highest BCUT2D eigenvalue weighted by Gasteiger charge is 2.08. The van der Waals surface area contributed by atoms with Crippen LogP contribution in [-0.4, -0.2) is 39.3 Å². The van der Waals surface area contributed by atoms with Gasteiger partial charge >= 0.3 is 0 Å². The number of rotatable bonds is 7. The molecule has 0 unspecified atom stereocenters. The van der Waals surface area contributed by atoms with Gasteiger partial charge in [-0.25, -0.2) is 0 Å². The summed E-state index contributed by atoms with van der Waals surface area (Å²) in [5, 5.41) is 8.66. The third kappa shape index (κ3) is 8.00. The molecule has 0 saturated heterocycles. The number of carbonyl (C=O) groups excluding carboxylic acids is 1. The summed E-state index contributed by atoms with van der Waals surface area (Å²) in [7, 11) is 4.66. The lowest BCUT2D eigenvalue weighted by Crippen LogP contribution is -2.17. The van der Waals surface area contributed by atoms with Crippen molar-refractivity contribution in [2.75, 3.05) is 21.3 Å². The molecule has 0 aliphatic rings. The molecule has 3 N–H and O–H groups in total. The third-order valence-corrected chi connectivity index (χ3v) is 3.93. The van der Waals surface area contributed by atoms with E-state index in [1.807, 2.05) is 37.1 Å². The van der Waals surface area contributed by atoms with Crippen LogP contribution in [-0.2, 0) is 11.3 Å². The van der Waals surface area contributed by atoms with Gasteiger partial charge in [-0.3, -0.25) is 5.41 Å². The first-order valence-electron chi connectivity index (χ1n) is 8.05. The average Bonchev–Trinajstić information content (AvgIpc) is 2.74. The monoisotopic (exact) mass is 425 g/mol. The minimum atomic E-state index is 0.414. The van der Waals surface area contributed by atoms with Crippen molar-refractivity contribution in [1.29, 1.82) is 5.41 Å². The fourth-order valence-electron chi connectivity index (χ4n) is 2.18. The SMILES string of the molecule is C=O.CN.COc1ccc(/C=C(\Cl)N(C=N)Cc2cccc(Cl)c2)cc1OC. The number of nitrogens with zero attached hydrogens (tertiary/aromatic N) is 1. The third-order valence-electron chi connectivity index (χ3n) is 3.37. The van der Waals surface area contributed by atoms with E-state index in [9.17, 15) is 0 Å². The van der Waals surface area contributed by atoms with Crippen LogP contribution in [0.3, 0.4) is 0 Å². The van der Waals surface area contributed by atoms with E-state index in [0.717, 1.165) is 11.1 Å². The molecule has 0 aliphatic carbocycles. The molecule has 0 atom stereocenters. The number of methoxy groups -OCH3 is 2. The number of nitrogens with one attached hydrogen (secondary N) is 1. The summed E-state index contributed by atoms with van der Waals surface area (Å²) in [4.78, 5) is 9.62. The molecular weight excluding hydrogens is 401 g/mol. The Balaban J connectivity index is 0.00000171. The van der Waals surface area contributed by atoms with E-state index in [2.05, 4.69) is 5.73 Å². The lowest BCUT2D eigenvalue weighted by Gasteiger charge is -2.18. The summed E-state index contributed by atoms with van der Waals surface area (Å²) in [5.41, 5.74) is 6.31. The minimum Gasteiger partial charge on any atom is -0.493 e. The highest BCUT2D eigenvalue weighted by atomic mass is 35.5. The van der Waals surface area contributed by atoms with E-state index >= 15 is 0 Å². The van der Waals surface area contributed by atoms with Crippen molar-refractivity contribution in [2.45, 2.75) is 6.54 Å². The topological polar surface area (TPSA) is 88.6 Å². The lowest BCUT2D eigenvalue weighted by molar-refractivity contribution is -0.0979. The Morgan fingerprint density at radius 1 is 1.14 bits per heavy atom. The Bertz CT molecular complexity index is 770. The second-order valence-corrected chi connectivity index (χ2v) is 5.79. The number of nitrogens with two attached hydrogens (primary N) is 1. The van der Waals surface area contributed by atoms with Gasteiger partial charge < -0.3 is 24.9 Å². The van der Waals surface area contributed by atoms with Gasteiger partial charge in [0.1, 0.15) is 11.9 Å². The summed E-state index contributed by atoms with van der Waals surface area (Å²) in [6.45, 7) is 2.45. The Labute approximate surface area is 176 Å². The maximum absolute atomic E-state index is 8.00. The van der Waals surface area contributed by atoms with E-state index < -0.39 is 0 Å². The molecule has 8 heteroatoms. The van der Waals surface area contributed by atoms with Crippen molar-refractivity contribution in [1.82, 2.24) is 4.90 Å².